The number of ether oxygens (including phenoxy) is 2. The normalized spacial score (nSPS) is 11.3. The number of carbonyl (C=O) groups excluding carboxylic acids is 1. The number of aryl methyl sites for hydroxylation is 2. The van der Waals surface area contributed by atoms with Crippen LogP contribution in [0.15, 0.2) is 55.0 Å². The molecule has 0 N–H and O–H groups in total. The number of methoxy groups -OCH3 is 1. The fourth-order valence-electron chi connectivity index (χ4n) is 3.60. The number of carbonyl (C=O) groups is 1. The zero-order valence-corrected chi connectivity index (χ0v) is 19.3. The molecule has 0 saturated carbocycles. The van der Waals surface area contributed by atoms with Crippen LogP contribution in [-0.4, -0.2) is 32.8 Å². The molecule has 0 atom stereocenters. The van der Waals surface area contributed by atoms with E-state index in [-0.39, 0.29) is 19.0 Å². The van der Waals surface area contributed by atoms with Gasteiger partial charge in [0, 0.05) is 53.4 Å². The average Bonchev–Trinajstić information content (AvgIpc) is 3.23. The lowest BCUT2D eigenvalue weighted by Crippen LogP contribution is -2.02. The molecule has 33 heavy (non-hydrogen) atoms. The van der Waals surface area contributed by atoms with Crippen LogP contribution in [0.5, 0.6) is 5.75 Å². The van der Waals surface area contributed by atoms with Crippen molar-refractivity contribution in [1.29, 1.82) is 0 Å². The van der Waals surface area contributed by atoms with Crippen molar-refractivity contribution in [3.8, 4) is 17.0 Å². The summed E-state index contributed by atoms with van der Waals surface area (Å²) in [6.07, 6.45) is 8.70. The van der Waals surface area contributed by atoms with Crippen LogP contribution in [0.3, 0.4) is 0 Å². The number of benzene rings is 1. The van der Waals surface area contributed by atoms with E-state index in [1.165, 1.54) is 7.11 Å². The number of rotatable bonds is 7. The van der Waals surface area contributed by atoms with E-state index in [0.29, 0.717) is 10.8 Å². The van der Waals surface area contributed by atoms with Crippen LogP contribution >= 0.6 is 11.6 Å². The summed E-state index contributed by atoms with van der Waals surface area (Å²) in [5.41, 5.74) is 5.22. The maximum atomic E-state index is 11.4. The number of aromatic nitrogens is 4. The summed E-state index contributed by atoms with van der Waals surface area (Å²) >= 11 is 6.42. The van der Waals surface area contributed by atoms with Crippen molar-refractivity contribution in [3.63, 3.8) is 0 Å². The highest BCUT2D eigenvalue weighted by Gasteiger charge is 2.14. The Labute approximate surface area is 196 Å². The summed E-state index contributed by atoms with van der Waals surface area (Å²) < 4.78 is 12.7. The third-order valence-corrected chi connectivity index (χ3v) is 5.57. The molecule has 4 aromatic rings. The minimum atomic E-state index is -0.319. The van der Waals surface area contributed by atoms with Gasteiger partial charge in [-0.3, -0.25) is 14.5 Å². The molecule has 8 heteroatoms. The molecule has 4 rings (SSSR count). The average molecular weight is 463 g/mol. The van der Waals surface area contributed by atoms with Crippen molar-refractivity contribution in [2.75, 3.05) is 7.11 Å². The molecule has 1 aromatic carbocycles. The number of fused-ring (bicyclic) bond motifs is 1. The first-order valence-electron chi connectivity index (χ1n) is 10.3. The number of pyridine rings is 2. The third kappa shape index (κ3) is 4.88. The lowest BCUT2D eigenvalue weighted by Gasteiger charge is -2.14. The van der Waals surface area contributed by atoms with Crippen molar-refractivity contribution < 1.29 is 14.3 Å². The first-order chi connectivity index (χ1) is 16.0. The van der Waals surface area contributed by atoms with Crippen molar-refractivity contribution >= 4 is 34.5 Å². The molecule has 3 aromatic heterocycles. The summed E-state index contributed by atoms with van der Waals surface area (Å²) in [4.78, 5) is 20.3. The van der Waals surface area contributed by atoms with Crippen LogP contribution < -0.4 is 4.74 Å². The molecule has 0 amide bonds. The van der Waals surface area contributed by atoms with E-state index in [2.05, 4.69) is 14.8 Å². The van der Waals surface area contributed by atoms with Crippen LogP contribution in [0.4, 0.5) is 0 Å². The Morgan fingerprint density at radius 2 is 2.09 bits per heavy atom. The Hall–Kier alpha value is -3.71. The van der Waals surface area contributed by atoms with E-state index in [9.17, 15) is 4.79 Å². The van der Waals surface area contributed by atoms with Crippen LogP contribution in [0.1, 0.15) is 23.2 Å². The predicted octanol–water partition coefficient (Wildman–Crippen LogP) is 5.15. The zero-order valence-electron chi connectivity index (χ0n) is 18.6. The molecule has 0 spiro atoms. The van der Waals surface area contributed by atoms with Gasteiger partial charge >= 0.3 is 5.97 Å². The molecular formula is C25H23ClN4O3. The van der Waals surface area contributed by atoms with Gasteiger partial charge in [-0.15, -0.1) is 0 Å². The summed E-state index contributed by atoms with van der Waals surface area (Å²) in [6, 6.07) is 9.89. The predicted molar refractivity (Wildman–Crippen MR) is 128 cm³/mol. The second-order valence-electron chi connectivity index (χ2n) is 7.46. The highest BCUT2D eigenvalue weighted by atomic mass is 35.5. The highest BCUT2D eigenvalue weighted by molar-refractivity contribution is 6.31. The molecule has 0 bridgehead atoms. The minimum Gasteiger partial charge on any atom is -0.487 e. The first kappa shape index (κ1) is 22.5. The molecular weight excluding hydrogens is 440 g/mol. The fourth-order valence-corrected chi connectivity index (χ4v) is 3.82. The quantitative estimate of drug-likeness (QED) is 0.353. The monoisotopic (exact) mass is 462 g/mol. The second-order valence-corrected chi connectivity index (χ2v) is 7.87. The number of esters is 1. The number of para-hydroxylation sites is 1. The molecule has 0 aliphatic rings. The van der Waals surface area contributed by atoms with Gasteiger partial charge in [0.2, 0.25) is 0 Å². The van der Waals surface area contributed by atoms with E-state index < -0.39 is 0 Å². The first-order valence-corrected chi connectivity index (χ1v) is 10.7. The van der Waals surface area contributed by atoms with Gasteiger partial charge in [0.05, 0.1) is 24.2 Å². The van der Waals surface area contributed by atoms with Gasteiger partial charge in [0.15, 0.2) is 0 Å². The van der Waals surface area contributed by atoms with Crippen LogP contribution in [0.25, 0.3) is 28.2 Å². The molecule has 0 saturated heterocycles. The lowest BCUT2D eigenvalue weighted by molar-refractivity contribution is -0.139. The standard InChI is InChI=1S/C25H23ClN4O3/c1-16-12-19(22-10-11-28-30(22)2)18-7-5-8-23(25(18)29-16)33-15-20-17(13-27-14-21(20)26)6-4-9-24(31)32-3/h4-8,10-14H,9,15H2,1-3H3. The molecule has 0 unspecified atom stereocenters. The van der Waals surface area contributed by atoms with E-state index in [0.717, 1.165) is 39.0 Å². The van der Waals surface area contributed by atoms with E-state index >= 15 is 0 Å². The maximum absolute atomic E-state index is 11.4. The van der Waals surface area contributed by atoms with Crippen LogP contribution in [0, 0.1) is 6.92 Å². The Kier molecular flexibility index (Phi) is 6.70. The highest BCUT2D eigenvalue weighted by Crippen LogP contribution is 2.33. The smallest absolute Gasteiger partial charge is 0.309 e. The number of halogens is 1. The van der Waals surface area contributed by atoms with Gasteiger partial charge in [0.1, 0.15) is 17.9 Å². The summed E-state index contributed by atoms with van der Waals surface area (Å²) in [5.74, 6) is 0.331. The van der Waals surface area contributed by atoms with Gasteiger partial charge in [-0.2, -0.15) is 5.10 Å². The molecule has 0 aliphatic heterocycles. The van der Waals surface area contributed by atoms with Crippen molar-refractivity contribution in [1.82, 2.24) is 19.7 Å². The molecule has 3 heterocycles. The van der Waals surface area contributed by atoms with E-state index in [4.69, 9.17) is 21.3 Å². The molecule has 0 aliphatic carbocycles. The largest absolute Gasteiger partial charge is 0.487 e. The summed E-state index contributed by atoms with van der Waals surface area (Å²) in [5, 5.41) is 5.75. The molecule has 0 radical (unpaired) electrons. The lowest BCUT2D eigenvalue weighted by atomic mass is 10.0. The van der Waals surface area contributed by atoms with Gasteiger partial charge in [-0.05, 0) is 25.1 Å². The van der Waals surface area contributed by atoms with Gasteiger partial charge < -0.3 is 9.47 Å². The third-order valence-electron chi connectivity index (χ3n) is 5.25. The maximum Gasteiger partial charge on any atom is 0.309 e. The molecule has 0 fully saturated rings. The number of hydrogen-bond acceptors (Lipinski definition) is 6. The van der Waals surface area contributed by atoms with Crippen molar-refractivity contribution in [3.05, 3.63) is 76.8 Å². The topological polar surface area (TPSA) is 79.1 Å². The summed E-state index contributed by atoms with van der Waals surface area (Å²) in [7, 11) is 3.27. The molecule has 168 valence electrons. The van der Waals surface area contributed by atoms with E-state index in [1.807, 2.05) is 49.0 Å². The van der Waals surface area contributed by atoms with Gasteiger partial charge in [-0.1, -0.05) is 35.9 Å². The van der Waals surface area contributed by atoms with Crippen LogP contribution in [-0.2, 0) is 23.2 Å². The Morgan fingerprint density at radius 3 is 2.85 bits per heavy atom. The zero-order chi connectivity index (χ0) is 23.4. The Bertz CT molecular complexity index is 1350. The van der Waals surface area contributed by atoms with E-state index in [1.54, 1.807) is 30.7 Å². The van der Waals surface area contributed by atoms with Crippen LogP contribution in [0.2, 0.25) is 5.02 Å². The van der Waals surface area contributed by atoms with Gasteiger partial charge in [0.25, 0.3) is 0 Å². The minimum absolute atomic E-state index is 0.159. The summed E-state index contributed by atoms with van der Waals surface area (Å²) in [6.45, 7) is 2.18. The molecule has 7 nitrogen and oxygen atoms in total. The van der Waals surface area contributed by atoms with Crippen molar-refractivity contribution in [2.45, 2.75) is 20.0 Å². The van der Waals surface area contributed by atoms with Gasteiger partial charge in [-0.25, -0.2) is 4.98 Å². The fraction of sp³-hybridized carbons (Fsp3) is 0.200. The SMILES string of the molecule is COC(=O)CC=Cc1cncc(Cl)c1COc1cccc2c(-c3ccnn3C)cc(C)nc12. The number of hydrogen-bond donors (Lipinski definition) is 0. The Balaban J connectivity index is 1.67. The number of nitrogens with zero attached hydrogens (tertiary/aromatic N) is 4. The second kappa shape index (κ2) is 9.83. The Morgan fingerprint density at radius 1 is 1.24 bits per heavy atom. The van der Waals surface area contributed by atoms with Crippen molar-refractivity contribution in [2.24, 2.45) is 7.05 Å².